The number of aromatic nitrogens is 2. The minimum atomic E-state index is -0.456. The van der Waals surface area contributed by atoms with Crippen LogP contribution in [0.5, 0.6) is 0 Å². The molecule has 0 bridgehead atoms. The summed E-state index contributed by atoms with van der Waals surface area (Å²) in [4.78, 5) is 2.19. The molecule has 0 spiro atoms. The predicted octanol–water partition coefficient (Wildman–Crippen LogP) is 0.121. The molecule has 0 saturated carbocycles. The molecule has 1 aromatic heterocycles. The van der Waals surface area contributed by atoms with Gasteiger partial charge in [0.1, 0.15) is 0 Å². The third-order valence-corrected chi connectivity index (χ3v) is 0.841. The third kappa shape index (κ3) is 1.03. The summed E-state index contributed by atoms with van der Waals surface area (Å²) in [5.41, 5.74) is 7.45. The Morgan fingerprint density at radius 3 is 3.18 bits per heavy atom. The molecule has 0 fully saturated rings. The Balaban J connectivity index is 3.29. The Labute approximate surface area is 59.4 Å². The van der Waals surface area contributed by atoms with Crippen LogP contribution in [0.25, 0.3) is 10.4 Å². The van der Waals surface area contributed by atoms with Crippen LogP contribution in [0.2, 0.25) is 0 Å². The molecule has 0 aliphatic carbocycles. The maximum atomic E-state index is 10.4. The second-order valence-electron chi connectivity index (χ2n) is 1.40. The fraction of sp³-hybridized carbons (Fsp3) is 0. The van der Waals surface area contributed by atoms with Gasteiger partial charge in [-0.1, -0.05) is 0 Å². The van der Waals surface area contributed by atoms with Crippen molar-refractivity contribution in [1.29, 1.82) is 5.26 Å². The van der Waals surface area contributed by atoms with Gasteiger partial charge in [-0.3, -0.25) is 4.63 Å². The van der Waals surface area contributed by atoms with Gasteiger partial charge in [-0.05, 0) is 15.5 Å². The van der Waals surface area contributed by atoms with Crippen LogP contribution in [0.1, 0.15) is 5.69 Å². The molecular weight excluding hydrogens is 152 g/mol. The van der Waals surface area contributed by atoms with Gasteiger partial charge in [0.15, 0.2) is 6.07 Å². The van der Waals surface area contributed by atoms with Crippen molar-refractivity contribution in [2.24, 2.45) is 5.11 Å². The molecule has 8 nitrogen and oxygen atoms in total. The Hall–Kier alpha value is -2.26. The zero-order chi connectivity index (χ0) is 8.27. The molecular formula is C3N6O2. The zero-order valence-electron chi connectivity index (χ0n) is 5.00. The summed E-state index contributed by atoms with van der Waals surface area (Å²) in [6.45, 7) is 0. The van der Waals surface area contributed by atoms with E-state index >= 15 is 0 Å². The topological polar surface area (TPSA) is 126 Å². The Morgan fingerprint density at radius 1 is 1.91 bits per heavy atom. The molecule has 0 aliphatic rings. The number of azide groups is 1. The molecule has 0 N–H and O–H groups in total. The fourth-order valence-electron chi connectivity index (χ4n) is 0.440. The molecule has 0 amide bonds. The van der Waals surface area contributed by atoms with Crippen LogP contribution < -0.4 is 4.90 Å². The Bertz CT molecular complexity index is 354. The van der Waals surface area contributed by atoms with E-state index in [0.717, 1.165) is 0 Å². The van der Waals surface area contributed by atoms with E-state index in [0.29, 0.717) is 0 Å². The van der Waals surface area contributed by atoms with Crippen LogP contribution in [0.15, 0.2) is 9.74 Å². The van der Waals surface area contributed by atoms with E-state index in [1.54, 1.807) is 0 Å². The lowest BCUT2D eigenvalue weighted by Crippen LogP contribution is -2.25. The molecule has 8 heteroatoms. The first-order chi connectivity index (χ1) is 5.29. The van der Waals surface area contributed by atoms with E-state index in [4.69, 9.17) is 10.8 Å². The van der Waals surface area contributed by atoms with E-state index in [2.05, 4.69) is 19.8 Å². The molecule has 11 heavy (non-hydrogen) atoms. The first-order valence-electron chi connectivity index (χ1n) is 2.34. The minimum Gasteiger partial charge on any atom is -0.358 e. The summed E-state index contributed by atoms with van der Waals surface area (Å²) in [7, 11) is 0. The summed E-state index contributed by atoms with van der Waals surface area (Å²) >= 11 is 0. The number of hydrogen-bond donors (Lipinski definition) is 0. The summed E-state index contributed by atoms with van der Waals surface area (Å²) in [6, 6.07) is 1.46. The van der Waals surface area contributed by atoms with E-state index in [1.165, 1.54) is 6.07 Å². The van der Waals surface area contributed by atoms with Crippen molar-refractivity contribution >= 4 is 5.82 Å². The second-order valence-corrected chi connectivity index (χ2v) is 1.40. The molecule has 1 rings (SSSR count). The third-order valence-electron chi connectivity index (χ3n) is 0.841. The zero-order valence-corrected chi connectivity index (χ0v) is 5.00. The highest BCUT2D eigenvalue weighted by atomic mass is 16.8. The lowest BCUT2D eigenvalue weighted by atomic mass is 10.5. The van der Waals surface area contributed by atoms with Crippen molar-refractivity contribution in [3.63, 3.8) is 0 Å². The smallest absolute Gasteiger partial charge is 0.322 e. The maximum absolute atomic E-state index is 10.4. The minimum absolute atomic E-state index is 0.135. The lowest BCUT2D eigenvalue weighted by Gasteiger charge is -1.79. The monoisotopic (exact) mass is 152 g/mol. The highest BCUT2D eigenvalue weighted by Crippen LogP contribution is 2.09. The molecule has 0 aliphatic heterocycles. The molecule has 0 saturated heterocycles. The molecule has 54 valence electrons. The quantitative estimate of drug-likeness (QED) is 0.245. The van der Waals surface area contributed by atoms with Gasteiger partial charge < -0.3 is 5.21 Å². The van der Waals surface area contributed by atoms with Crippen LogP contribution >= 0.6 is 0 Å². The molecule has 0 unspecified atom stereocenters. The lowest BCUT2D eigenvalue weighted by molar-refractivity contribution is -0.804. The highest BCUT2D eigenvalue weighted by molar-refractivity contribution is 5.36. The molecule has 0 aromatic carbocycles. The maximum Gasteiger partial charge on any atom is 0.322 e. The number of hydrogen-bond acceptors (Lipinski definition) is 5. The van der Waals surface area contributed by atoms with Crippen molar-refractivity contribution in [1.82, 2.24) is 5.16 Å². The number of nitriles is 1. The summed E-state index contributed by atoms with van der Waals surface area (Å²) in [6.07, 6.45) is 0. The van der Waals surface area contributed by atoms with Gasteiger partial charge in [-0.2, -0.15) is 5.26 Å². The van der Waals surface area contributed by atoms with Gasteiger partial charge in [-0.15, -0.1) is 0 Å². The van der Waals surface area contributed by atoms with Gasteiger partial charge in [0.25, 0.3) is 0 Å². The average Bonchev–Trinajstić information content (AvgIpc) is 2.33. The van der Waals surface area contributed by atoms with Crippen LogP contribution in [0, 0.1) is 16.5 Å². The van der Waals surface area contributed by atoms with Crippen molar-refractivity contribution in [3.05, 3.63) is 21.3 Å². The van der Waals surface area contributed by atoms with Gasteiger partial charge in [-0.25, -0.2) is 0 Å². The van der Waals surface area contributed by atoms with Crippen molar-refractivity contribution < 1.29 is 9.53 Å². The van der Waals surface area contributed by atoms with Crippen LogP contribution in [0.4, 0.5) is 5.82 Å². The molecule has 0 radical (unpaired) electrons. The van der Waals surface area contributed by atoms with Gasteiger partial charge >= 0.3 is 11.5 Å². The van der Waals surface area contributed by atoms with Gasteiger partial charge in [0.05, 0.1) is 0 Å². The summed E-state index contributed by atoms with van der Waals surface area (Å²) in [5.74, 6) is -0.356. The molecule has 1 heterocycles. The van der Waals surface area contributed by atoms with Gasteiger partial charge in [0, 0.05) is 10.1 Å². The fourth-order valence-corrected chi connectivity index (χ4v) is 0.440. The van der Waals surface area contributed by atoms with Crippen molar-refractivity contribution in [2.75, 3.05) is 0 Å². The van der Waals surface area contributed by atoms with Crippen molar-refractivity contribution in [2.45, 2.75) is 0 Å². The Kier molecular flexibility index (Phi) is 1.59. The largest absolute Gasteiger partial charge is 0.358 e. The predicted molar refractivity (Wildman–Crippen MR) is 29.0 cm³/mol. The Morgan fingerprint density at radius 2 is 2.64 bits per heavy atom. The number of nitrogens with zero attached hydrogens (tertiary/aromatic N) is 6. The van der Waals surface area contributed by atoms with E-state index < -0.39 is 5.69 Å². The van der Waals surface area contributed by atoms with Crippen molar-refractivity contribution in [3.8, 4) is 6.07 Å². The van der Waals surface area contributed by atoms with Crippen LogP contribution in [0.3, 0.4) is 0 Å². The second kappa shape index (κ2) is 2.55. The first kappa shape index (κ1) is 6.85. The highest BCUT2D eigenvalue weighted by Gasteiger charge is 2.15. The van der Waals surface area contributed by atoms with Crippen LogP contribution in [-0.4, -0.2) is 5.16 Å². The average molecular weight is 152 g/mol. The normalized spacial score (nSPS) is 8.27. The molecule has 1 aromatic rings. The van der Waals surface area contributed by atoms with E-state index in [1.807, 2.05) is 0 Å². The number of rotatable bonds is 1. The standard InChI is InChI=1S/C3N6O2/c4-1-2-3(6-8-5)7-11-9(2)10. The summed E-state index contributed by atoms with van der Waals surface area (Å²) in [5, 5.41) is 24.6. The summed E-state index contributed by atoms with van der Waals surface area (Å²) < 4.78 is 3.96. The van der Waals surface area contributed by atoms with E-state index in [9.17, 15) is 5.21 Å². The van der Waals surface area contributed by atoms with E-state index in [-0.39, 0.29) is 10.7 Å². The van der Waals surface area contributed by atoms with Crippen LogP contribution in [-0.2, 0) is 0 Å². The first-order valence-corrected chi connectivity index (χ1v) is 2.34. The SMILES string of the molecule is N#Cc1c(N=[N+]=[N-])no[n+]1[O-]. The molecule has 0 atom stereocenters. The van der Waals surface area contributed by atoms with Gasteiger partial charge in [0.2, 0.25) is 0 Å².